The Hall–Kier alpha value is -1.48. The normalized spacial score (nSPS) is 34.0. The van der Waals surface area contributed by atoms with Crippen LogP contribution in [0.25, 0.3) is 0 Å². The molecule has 4 rings (SSSR count). The van der Waals surface area contributed by atoms with E-state index in [4.69, 9.17) is 25.8 Å². The molecule has 3 heterocycles. The average Bonchev–Trinajstić information content (AvgIpc) is 3.20. The van der Waals surface area contributed by atoms with Crippen molar-refractivity contribution in [2.75, 3.05) is 6.79 Å². The molecular weight excluding hydrogens is 294 g/mol. The van der Waals surface area contributed by atoms with Crippen molar-refractivity contribution in [3.8, 4) is 17.6 Å². The third-order valence-corrected chi connectivity index (χ3v) is 4.99. The maximum Gasteiger partial charge on any atom is 0.231 e. The second-order valence-corrected chi connectivity index (χ2v) is 6.23. The number of nitriles is 1. The van der Waals surface area contributed by atoms with Crippen LogP contribution >= 0.6 is 11.6 Å². The Labute approximate surface area is 127 Å². The molecule has 0 saturated carbocycles. The molecule has 2 saturated heterocycles. The zero-order valence-electron chi connectivity index (χ0n) is 11.2. The lowest BCUT2D eigenvalue weighted by molar-refractivity contribution is 0.00334. The number of benzene rings is 1. The molecule has 1 N–H and O–H groups in total. The second kappa shape index (κ2) is 4.51. The molecule has 3 aliphatic heterocycles. The number of fused-ring (bicyclic) bond motifs is 3. The number of hydrogen-bond acceptors (Lipinski definition) is 5. The summed E-state index contributed by atoms with van der Waals surface area (Å²) in [7, 11) is 0. The van der Waals surface area contributed by atoms with Crippen molar-refractivity contribution in [1.29, 1.82) is 5.26 Å². The average molecular weight is 308 g/mol. The van der Waals surface area contributed by atoms with Gasteiger partial charge in [0.15, 0.2) is 11.5 Å². The third kappa shape index (κ3) is 1.76. The summed E-state index contributed by atoms with van der Waals surface area (Å²) >= 11 is 6.16. The molecule has 6 heteroatoms. The first-order chi connectivity index (χ1) is 10.1. The molecule has 1 aromatic carbocycles. The molecule has 21 heavy (non-hydrogen) atoms. The molecule has 0 spiro atoms. The summed E-state index contributed by atoms with van der Waals surface area (Å²) in [6.07, 6.45) is 1.24. The van der Waals surface area contributed by atoms with Crippen molar-refractivity contribution in [2.24, 2.45) is 5.41 Å². The van der Waals surface area contributed by atoms with E-state index in [1.807, 2.05) is 0 Å². The van der Waals surface area contributed by atoms with Gasteiger partial charge >= 0.3 is 0 Å². The predicted octanol–water partition coefficient (Wildman–Crippen LogP) is 2.56. The highest BCUT2D eigenvalue weighted by atomic mass is 35.5. The van der Waals surface area contributed by atoms with Crippen LogP contribution < -0.4 is 9.47 Å². The Balaban J connectivity index is 1.73. The minimum atomic E-state index is -0.954. The lowest BCUT2D eigenvalue weighted by Gasteiger charge is -2.33. The summed E-state index contributed by atoms with van der Waals surface area (Å²) in [6, 6.07) is 5.65. The molecule has 4 unspecified atom stereocenters. The van der Waals surface area contributed by atoms with E-state index < -0.39 is 11.5 Å². The minimum absolute atomic E-state index is 0.0776. The molecule has 1 aromatic rings. The summed E-state index contributed by atoms with van der Waals surface area (Å²) in [5, 5.41) is 20.8. The first-order valence-corrected chi connectivity index (χ1v) is 7.35. The number of aliphatic hydroxyl groups excluding tert-OH is 1. The summed E-state index contributed by atoms with van der Waals surface area (Å²) in [6.45, 7) is 0.117. The fraction of sp³-hybridized carbons (Fsp3) is 0.533. The predicted molar refractivity (Wildman–Crippen MR) is 73.1 cm³/mol. The van der Waals surface area contributed by atoms with Gasteiger partial charge in [0.05, 0.1) is 23.3 Å². The minimum Gasteiger partial charge on any atom is -0.454 e. The van der Waals surface area contributed by atoms with Crippen LogP contribution in [0.5, 0.6) is 11.5 Å². The Bertz CT molecular complexity index is 643. The zero-order chi connectivity index (χ0) is 14.6. The molecule has 2 fully saturated rings. The van der Waals surface area contributed by atoms with Crippen LogP contribution in [0.4, 0.5) is 0 Å². The first-order valence-electron chi connectivity index (χ1n) is 6.98. The highest BCUT2D eigenvalue weighted by Gasteiger charge is 2.57. The van der Waals surface area contributed by atoms with Gasteiger partial charge in [0.25, 0.3) is 0 Å². The molecule has 2 bridgehead atoms. The zero-order valence-corrected chi connectivity index (χ0v) is 12.0. The monoisotopic (exact) mass is 307 g/mol. The number of ether oxygens (including phenoxy) is 3. The topological polar surface area (TPSA) is 71.7 Å². The Morgan fingerprint density at radius 3 is 2.90 bits per heavy atom. The van der Waals surface area contributed by atoms with Crippen molar-refractivity contribution in [3.05, 3.63) is 22.7 Å². The standard InChI is InChI=1S/C15H14ClNO4/c16-10-3-8(4-11-13(10)20-7-19-11)14(18)15(6-17)5-9-1-2-12(15)21-9/h3-4,9,12,14,18H,1-2,5,7H2. The molecule has 4 atom stereocenters. The Kier molecular flexibility index (Phi) is 2.83. The number of hydrogen-bond donors (Lipinski definition) is 1. The molecule has 0 radical (unpaired) electrons. The third-order valence-electron chi connectivity index (χ3n) is 4.71. The Morgan fingerprint density at radius 1 is 1.38 bits per heavy atom. The lowest BCUT2D eigenvalue weighted by Crippen LogP contribution is -2.37. The highest BCUT2D eigenvalue weighted by Crippen LogP contribution is 2.55. The molecular formula is C15H14ClNO4. The van der Waals surface area contributed by atoms with Gasteiger partial charge in [-0.3, -0.25) is 0 Å². The van der Waals surface area contributed by atoms with Crippen LogP contribution in [0.2, 0.25) is 5.02 Å². The fourth-order valence-corrected chi connectivity index (χ4v) is 3.93. The van der Waals surface area contributed by atoms with Crippen LogP contribution in [-0.4, -0.2) is 24.1 Å². The van der Waals surface area contributed by atoms with Crippen LogP contribution in [0.3, 0.4) is 0 Å². The van der Waals surface area contributed by atoms with Crippen molar-refractivity contribution in [3.63, 3.8) is 0 Å². The maximum absolute atomic E-state index is 10.8. The van der Waals surface area contributed by atoms with E-state index in [9.17, 15) is 10.4 Å². The Morgan fingerprint density at radius 2 is 2.24 bits per heavy atom. The van der Waals surface area contributed by atoms with Gasteiger partial charge in [-0.05, 0) is 37.0 Å². The number of rotatable bonds is 2. The smallest absolute Gasteiger partial charge is 0.231 e. The molecule has 0 aromatic heterocycles. The van der Waals surface area contributed by atoms with E-state index in [-0.39, 0.29) is 19.0 Å². The maximum atomic E-state index is 10.8. The molecule has 3 aliphatic rings. The number of nitrogens with zero attached hydrogens (tertiary/aromatic N) is 1. The number of halogens is 1. The van der Waals surface area contributed by atoms with E-state index in [1.54, 1.807) is 12.1 Å². The molecule has 5 nitrogen and oxygen atoms in total. The van der Waals surface area contributed by atoms with E-state index >= 15 is 0 Å². The lowest BCUT2D eigenvalue weighted by atomic mass is 9.69. The van der Waals surface area contributed by atoms with E-state index in [0.717, 1.165) is 12.8 Å². The molecule has 110 valence electrons. The largest absolute Gasteiger partial charge is 0.454 e. The summed E-state index contributed by atoms with van der Waals surface area (Å²) in [5.41, 5.74) is -0.332. The van der Waals surface area contributed by atoms with Crippen LogP contribution in [0.15, 0.2) is 12.1 Å². The van der Waals surface area contributed by atoms with Crippen molar-refractivity contribution < 1.29 is 19.3 Å². The van der Waals surface area contributed by atoms with Gasteiger partial charge in [0, 0.05) is 0 Å². The van der Waals surface area contributed by atoms with E-state index in [0.29, 0.717) is 28.5 Å². The quantitative estimate of drug-likeness (QED) is 0.909. The van der Waals surface area contributed by atoms with Crippen molar-refractivity contribution in [1.82, 2.24) is 0 Å². The van der Waals surface area contributed by atoms with Crippen molar-refractivity contribution >= 4 is 11.6 Å². The van der Waals surface area contributed by atoms with Crippen molar-refractivity contribution in [2.45, 2.75) is 37.6 Å². The highest BCUT2D eigenvalue weighted by molar-refractivity contribution is 6.32. The SMILES string of the molecule is N#CC1(C(O)c2cc(Cl)c3c(c2)OCO3)CC2CCC1O2. The summed E-state index contributed by atoms with van der Waals surface area (Å²) in [4.78, 5) is 0. The van der Waals surface area contributed by atoms with E-state index in [1.165, 1.54) is 0 Å². The van der Waals surface area contributed by atoms with Crippen LogP contribution in [0, 0.1) is 16.7 Å². The fourth-order valence-electron chi connectivity index (χ4n) is 3.65. The van der Waals surface area contributed by atoms with Gasteiger partial charge in [-0.25, -0.2) is 0 Å². The summed E-state index contributed by atoms with van der Waals surface area (Å²) < 4.78 is 16.4. The second-order valence-electron chi connectivity index (χ2n) is 5.82. The number of aliphatic hydroxyl groups is 1. The van der Waals surface area contributed by atoms with Gasteiger partial charge < -0.3 is 19.3 Å². The van der Waals surface area contributed by atoms with Gasteiger partial charge in [-0.1, -0.05) is 11.6 Å². The van der Waals surface area contributed by atoms with Crippen LogP contribution in [0.1, 0.15) is 30.9 Å². The van der Waals surface area contributed by atoms with Crippen LogP contribution in [-0.2, 0) is 4.74 Å². The molecule has 0 aliphatic carbocycles. The van der Waals surface area contributed by atoms with Gasteiger partial charge in [-0.2, -0.15) is 5.26 Å². The van der Waals surface area contributed by atoms with Gasteiger partial charge in [0.1, 0.15) is 11.5 Å². The summed E-state index contributed by atoms with van der Waals surface area (Å²) in [5.74, 6) is 0.997. The van der Waals surface area contributed by atoms with Gasteiger partial charge in [-0.15, -0.1) is 0 Å². The van der Waals surface area contributed by atoms with E-state index in [2.05, 4.69) is 6.07 Å². The first kappa shape index (κ1) is 13.2. The van der Waals surface area contributed by atoms with Gasteiger partial charge in [0.2, 0.25) is 6.79 Å². The molecule has 0 amide bonds.